The molecule has 3 heteroatoms. The molecule has 0 aliphatic heterocycles. The van der Waals surface area contributed by atoms with Crippen molar-refractivity contribution < 1.29 is 51.4 Å². The van der Waals surface area contributed by atoms with Crippen molar-refractivity contribution in [2.75, 3.05) is 13.1 Å². The Kier molecular flexibility index (Phi) is 17.4. The third kappa shape index (κ3) is 10.5. The smallest absolute Gasteiger partial charge is 0.677 e. The van der Waals surface area contributed by atoms with Crippen LogP contribution in [0.4, 0.5) is 0 Å². The maximum Gasteiger partial charge on any atom is 1.00 e. The molecule has 0 aliphatic carbocycles. The van der Waals surface area contributed by atoms with Crippen LogP contribution in [0.2, 0.25) is 0 Å². The van der Waals surface area contributed by atoms with E-state index in [1.165, 1.54) is 0 Å². The predicted molar refractivity (Wildman–Crippen MR) is 32.1 cm³/mol. The summed E-state index contributed by atoms with van der Waals surface area (Å²) in [6.45, 7) is 1.33. The Morgan fingerprint density at radius 3 is 2.12 bits per heavy atom. The molecule has 0 saturated heterocycles. The molecule has 0 aromatic carbocycles. The summed E-state index contributed by atoms with van der Waals surface area (Å²) in [7, 11) is 0. The summed E-state index contributed by atoms with van der Waals surface area (Å²) < 4.78 is 0. The summed E-state index contributed by atoms with van der Waals surface area (Å²) in [5.74, 6) is 0. The van der Waals surface area contributed by atoms with Crippen molar-refractivity contribution in [3.05, 3.63) is 5.73 Å². The Hall–Kier alpha value is 1.56. The zero-order chi connectivity index (χ0) is 5.54. The minimum absolute atomic E-state index is 0. The van der Waals surface area contributed by atoms with Gasteiger partial charge in [-0.1, -0.05) is 12.8 Å². The number of hydrogen-bond donors (Lipinski definition) is 1. The zero-order valence-electron chi connectivity index (χ0n) is 5.61. The van der Waals surface area contributed by atoms with Gasteiger partial charge in [0.2, 0.25) is 0 Å². The van der Waals surface area contributed by atoms with Crippen LogP contribution in [0.3, 0.4) is 0 Å². The molecule has 2 nitrogen and oxygen atoms in total. The van der Waals surface area contributed by atoms with E-state index in [1.807, 2.05) is 0 Å². The van der Waals surface area contributed by atoms with Gasteiger partial charge >= 0.3 is 51.4 Å². The Bertz CT molecular complexity index is 29.6. The largest absolute Gasteiger partial charge is 1.00 e. The molecule has 0 rings (SSSR count). The SMILES string of the molecule is [K+].[NH-]CCCCCN. The second-order valence-electron chi connectivity index (χ2n) is 1.60. The van der Waals surface area contributed by atoms with E-state index in [-0.39, 0.29) is 51.4 Å². The van der Waals surface area contributed by atoms with Crippen molar-refractivity contribution in [1.82, 2.24) is 0 Å². The molecule has 0 fully saturated rings. The third-order valence-electron chi connectivity index (χ3n) is 0.881. The van der Waals surface area contributed by atoms with Crippen molar-refractivity contribution in [3.63, 3.8) is 0 Å². The number of hydrogen-bond acceptors (Lipinski definition) is 1. The fraction of sp³-hybridized carbons (Fsp3) is 1.00. The fourth-order valence-electron chi connectivity index (χ4n) is 0.446. The average molecular weight is 140 g/mol. The van der Waals surface area contributed by atoms with Gasteiger partial charge in [0, 0.05) is 0 Å². The fourth-order valence-corrected chi connectivity index (χ4v) is 0.446. The van der Waals surface area contributed by atoms with Crippen LogP contribution in [0.1, 0.15) is 19.3 Å². The summed E-state index contributed by atoms with van der Waals surface area (Å²) in [5.41, 5.74) is 11.9. The van der Waals surface area contributed by atoms with Crippen molar-refractivity contribution in [2.45, 2.75) is 19.3 Å². The summed E-state index contributed by atoms with van der Waals surface area (Å²) in [6.07, 6.45) is 3.22. The normalized spacial score (nSPS) is 8.25. The van der Waals surface area contributed by atoms with Gasteiger partial charge < -0.3 is 11.5 Å². The van der Waals surface area contributed by atoms with E-state index in [0.29, 0.717) is 6.54 Å². The molecule has 0 aromatic rings. The number of rotatable bonds is 4. The summed E-state index contributed by atoms with van der Waals surface area (Å²) in [6, 6.07) is 0. The number of nitrogens with one attached hydrogen (secondary N) is 1. The van der Waals surface area contributed by atoms with Gasteiger partial charge in [0.05, 0.1) is 0 Å². The average Bonchev–Trinajstić information content (AvgIpc) is 1.69. The van der Waals surface area contributed by atoms with Crippen molar-refractivity contribution in [3.8, 4) is 0 Å². The van der Waals surface area contributed by atoms with Gasteiger partial charge in [0.15, 0.2) is 0 Å². The summed E-state index contributed by atoms with van der Waals surface area (Å²) in [5, 5.41) is 0. The Balaban J connectivity index is 0. The van der Waals surface area contributed by atoms with Crippen LogP contribution in [0.25, 0.3) is 5.73 Å². The molecule has 0 radical (unpaired) electrons. The molecule has 0 bridgehead atoms. The van der Waals surface area contributed by atoms with Crippen LogP contribution in [0, 0.1) is 0 Å². The molecule has 0 aliphatic rings. The molecule has 0 spiro atoms. The molecule has 0 atom stereocenters. The first-order valence-corrected chi connectivity index (χ1v) is 2.76. The third-order valence-corrected chi connectivity index (χ3v) is 0.881. The van der Waals surface area contributed by atoms with Gasteiger partial charge in [-0.2, -0.15) is 6.54 Å². The molecule has 0 saturated carbocycles. The van der Waals surface area contributed by atoms with Gasteiger partial charge in [0.25, 0.3) is 0 Å². The quantitative estimate of drug-likeness (QED) is 0.362. The van der Waals surface area contributed by atoms with Gasteiger partial charge in [0.1, 0.15) is 0 Å². The monoisotopic (exact) mass is 140 g/mol. The molecule has 0 aromatic heterocycles. The topological polar surface area (TPSA) is 49.8 Å². The number of unbranched alkanes of at least 4 members (excludes halogenated alkanes) is 2. The van der Waals surface area contributed by atoms with E-state index in [9.17, 15) is 0 Å². The van der Waals surface area contributed by atoms with E-state index in [2.05, 4.69) is 0 Å². The van der Waals surface area contributed by atoms with Crippen LogP contribution in [0.15, 0.2) is 0 Å². The molecule has 0 heterocycles. The summed E-state index contributed by atoms with van der Waals surface area (Å²) >= 11 is 0. The van der Waals surface area contributed by atoms with Crippen LogP contribution >= 0.6 is 0 Å². The molecule has 0 unspecified atom stereocenters. The van der Waals surface area contributed by atoms with Gasteiger partial charge in [-0.25, -0.2) is 0 Å². The second kappa shape index (κ2) is 11.4. The zero-order valence-corrected chi connectivity index (χ0v) is 8.74. The van der Waals surface area contributed by atoms with Crippen LogP contribution in [-0.2, 0) is 0 Å². The van der Waals surface area contributed by atoms with Gasteiger partial charge in [-0.15, -0.1) is 0 Å². The molecule has 8 heavy (non-hydrogen) atoms. The molecule has 3 N–H and O–H groups in total. The van der Waals surface area contributed by atoms with E-state index < -0.39 is 0 Å². The van der Waals surface area contributed by atoms with Crippen molar-refractivity contribution in [1.29, 1.82) is 0 Å². The molecular formula is C5H13KN2. The number of nitrogens with two attached hydrogens (primary N) is 1. The van der Waals surface area contributed by atoms with Gasteiger partial charge in [-0.3, -0.25) is 0 Å². The molecule has 0 amide bonds. The first kappa shape index (κ1) is 12.3. The van der Waals surface area contributed by atoms with E-state index in [4.69, 9.17) is 11.5 Å². The van der Waals surface area contributed by atoms with Gasteiger partial charge in [-0.05, 0) is 13.0 Å². The van der Waals surface area contributed by atoms with E-state index in [1.54, 1.807) is 0 Å². The van der Waals surface area contributed by atoms with Crippen molar-refractivity contribution >= 4 is 0 Å². The predicted octanol–water partition coefficient (Wildman–Crippen LogP) is -1.83. The maximum atomic E-state index is 6.74. The van der Waals surface area contributed by atoms with Crippen molar-refractivity contribution in [2.24, 2.45) is 5.73 Å². The first-order valence-electron chi connectivity index (χ1n) is 2.76. The van der Waals surface area contributed by atoms with Crippen LogP contribution in [-0.4, -0.2) is 13.1 Å². The standard InChI is InChI=1S/C5H13N2.K/c6-4-2-1-3-5-7;/h6H,1-5,7H2;/q-1;+1. The Morgan fingerprint density at radius 1 is 1.12 bits per heavy atom. The van der Waals surface area contributed by atoms with Crippen LogP contribution in [0.5, 0.6) is 0 Å². The minimum atomic E-state index is 0. The second-order valence-corrected chi connectivity index (χ2v) is 1.60. The van der Waals surface area contributed by atoms with Crippen LogP contribution < -0.4 is 57.1 Å². The molecule has 44 valence electrons. The van der Waals surface area contributed by atoms with E-state index >= 15 is 0 Å². The Labute approximate surface area is 93.8 Å². The summed E-state index contributed by atoms with van der Waals surface area (Å²) in [4.78, 5) is 0. The Morgan fingerprint density at radius 2 is 1.75 bits per heavy atom. The molecular weight excluding hydrogens is 127 g/mol. The maximum absolute atomic E-state index is 6.74. The minimum Gasteiger partial charge on any atom is -0.677 e. The van der Waals surface area contributed by atoms with E-state index in [0.717, 1.165) is 25.8 Å². The first-order chi connectivity index (χ1) is 3.41.